The van der Waals surface area contributed by atoms with E-state index in [1.165, 1.54) is 19.3 Å². The van der Waals surface area contributed by atoms with Crippen molar-refractivity contribution >= 4 is 22.4 Å². The highest BCUT2D eigenvalue weighted by Gasteiger charge is 2.27. The van der Waals surface area contributed by atoms with Crippen LogP contribution in [0.5, 0.6) is 0 Å². The number of halogens is 1. The smallest absolute Gasteiger partial charge is 0.0504 e. The molecule has 0 amide bonds. The molecule has 0 bridgehead atoms. The molecule has 0 heterocycles. The summed E-state index contributed by atoms with van der Waals surface area (Å²) in [7, 11) is -0.812. The van der Waals surface area contributed by atoms with Crippen LogP contribution in [-0.4, -0.2) is 22.0 Å². The van der Waals surface area contributed by atoms with Gasteiger partial charge in [-0.2, -0.15) is 0 Å². The molecule has 1 saturated carbocycles. The summed E-state index contributed by atoms with van der Waals surface area (Å²) in [5.41, 5.74) is 1.12. The molecule has 3 unspecified atom stereocenters. The van der Waals surface area contributed by atoms with Gasteiger partial charge in [0.15, 0.2) is 0 Å². The summed E-state index contributed by atoms with van der Waals surface area (Å²) in [6.07, 6.45) is 5.98. The van der Waals surface area contributed by atoms with Crippen LogP contribution in [0.4, 0.5) is 0 Å². The largest absolute Gasteiger partial charge is 0.313 e. The molecule has 1 fully saturated rings. The predicted octanol–water partition coefficient (Wildman–Crippen LogP) is 3.90. The van der Waals surface area contributed by atoms with Crippen LogP contribution in [0.2, 0.25) is 5.02 Å². The number of nitrogens with one attached hydrogen (secondary N) is 1. The van der Waals surface area contributed by atoms with Gasteiger partial charge in [0, 0.05) is 27.6 Å². The maximum Gasteiger partial charge on any atom is 0.0504 e. The van der Waals surface area contributed by atoms with Gasteiger partial charge >= 0.3 is 0 Å². The minimum absolute atomic E-state index is 0.285. The van der Waals surface area contributed by atoms with Crippen LogP contribution in [0.1, 0.15) is 44.6 Å². The molecule has 0 aromatic heterocycles. The van der Waals surface area contributed by atoms with Crippen molar-refractivity contribution in [2.45, 2.75) is 56.1 Å². The van der Waals surface area contributed by atoms with Gasteiger partial charge in [0.2, 0.25) is 0 Å². The van der Waals surface area contributed by atoms with E-state index in [-0.39, 0.29) is 5.25 Å². The lowest BCUT2D eigenvalue weighted by Gasteiger charge is -2.25. The van der Waals surface area contributed by atoms with Gasteiger partial charge in [0.1, 0.15) is 0 Å². The zero-order valence-corrected chi connectivity index (χ0v) is 13.7. The second-order valence-corrected chi connectivity index (χ2v) is 7.58. The maximum absolute atomic E-state index is 12.7. The molecule has 3 atom stereocenters. The van der Waals surface area contributed by atoms with E-state index in [9.17, 15) is 4.21 Å². The van der Waals surface area contributed by atoms with Gasteiger partial charge in [-0.1, -0.05) is 49.9 Å². The molecular weight excluding hydrogens is 290 g/mol. The Hall–Kier alpha value is -0.380. The highest BCUT2D eigenvalue weighted by Crippen LogP contribution is 2.24. The first-order valence-corrected chi connectivity index (χ1v) is 9.31. The summed E-state index contributed by atoms with van der Waals surface area (Å²) in [4.78, 5) is 0. The first-order valence-electron chi connectivity index (χ1n) is 7.55. The maximum atomic E-state index is 12.7. The SMILES string of the molecule is CCNC1CCCCCC1S(=O)Cc1ccc(Cl)cc1. The van der Waals surface area contributed by atoms with Gasteiger partial charge in [0.25, 0.3) is 0 Å². The fourth-order valence-corrected chi connectivity index (χ4v) is 4.83. The summed E-state index contributed by atoms with van der Waals surface area (Å²) < 4.78 is 12.7. The zero-order valence-electron chi connectivity index (χ0n) is 12.1. The summed E-state index contributed by atoms with van der Waals surface area (Å²) in [6, 6.07) is 8.14. The summed E-state index contributed by atoms with van der Waals surface area (Å²) in [6.45, 7) is 3.09. The number of benzene rings is 1. The molecule has 0 spiro atoms. The fourth-order valence-electron chi connectivity index (χ4n) is 2.94. The van der Waals surface area contributed by atoms with Crippen molar-refractivity contribution in [2.24, 2.45) is 0 Å². The summed E-state index contributed by atoms with van der Waals surface area (Å²) >= 11 is 5.90. The number of hydrogen-bond donors (Lipinski definition) is 1. The van der Waals surface area contributed by atoms with E-state index >= 15 is 0 Å². The molecule has 4 heteroatoms. The lowest BCUT2D eigenvalue weighted by Crippen LogP contribution is -2.41. The molecule has 0 aliphatic heterocycles. The second-order valence-electron chi connectivity index (χ2n) is 5.49. The third-order valence-corrected chi connectivity index (χ3v) is 6.09. The molecule has 1 N–H and O–H groups in total. The second kappa shape index (κ2) is 8.16. The van der Waals surface area contributed by atoms with Gasteiger partial charge in [-0.05, 0) is 37.1 Å². The molecule has 112 valence electrons. The van der Waals surface area contributed by atoms with E-state index in [4.69, 9.17) is 11.6 Å². The van der Waals surface area contributed by atoms with Gasteiger partial charge in [0.05, 0.1) is 5.25 Å². The number of hydrogen-bond acceptors (Lipinski definition) is 2. The molecule has 1 aliphatic carbocycles. The van der Waals surface area contributed by atoms with E-state index in [1.54, 1.807) is 0 Å². The fraction of sp³-hybridized carbons (Fsp3) is 0.625. The van der Waals surface area contributed by atoms with Crippen LogP contribution < -0.4 is 5.32 Å². The first-order chi connectivity index (χ1) is 9.70. The van der Waals surface area contributed by atoms with Crippen molar-refractivity contribution in [1.82, 2.24) is 5.32 Å². The molecule has 1 aromatic carbocycles. The molecule has 2 nitrogen and oxygen atoms in total. The average molecular weight is 314 g/mol. The zero-order chi connectivity index (χ0) is 14.4. The lowest BCUT2D eigenvalue weighted by atomic mass is 10.1. The third-order valence-electron chi connectivity index (χ3n) is 3.98. The van der Waals surface area contributed by atoms with E-state index in [0.29, 0.717) is 11.8 Å². The van der Waals surface area contributed by atoms with Crippen LogP contribution in [0.25, 0.3) is 0 Å². The highest BCUT2D eigenvalue weighted by atomic mass is 35.5. The van der Waals surface area contributed by atoms with Crippen LogP contribution in [0.3, 0.4) is 0 Å². The number of rotatable bonds is 5. The van der Waals surface area contributed by atoms with Crippen molar-refractivity contribution < 1.29 is 4.21 Å². The Morgan fingerprint density at radius 2 is 1.90 bits per heavy atom. The van der Waals surface area contributed by atoms with E-state index in [1.807, 2.05) is 24.3 Å². The van der Waals surface area contributed by atoms with Crippen molar-refractivity contribution in [3.63, 3.8) is 0 Å². The predicted molar refractivity (Wildman–Crippen MR) is 87.6 cm³/mol. The van der Waals surface area contributed by atoms with Gasteiger partial charge < -0.3 is 5.32 Å². The van der Waals surface area contributed by atoms with Crippen molar-refractivity contribution in [1.29, 1.82) is 0 Å². The Morgan fingerprint density at radius 3 is 2.60 bits per heavy atom. The normalized spacial score (nSPS) is 25.1. The molecular formula is C16H24ClNOS. The van der Waals surface area contributed by atoms with Gasteiger partial charge in [-0.25, -0.2) is 0 Å². The Balaban J connectivity index is 2.02. The van der Waals surface area contributed by atoms with Gasteiger partial charge in [-0.3, -0.25) is 4.21 Å². The molecule has 1 aromatic rings. The highest BCUT2D eigenvalue weighted by molar-refractivity contribution is 7.84. The Morgan fingerprint density at radius 1 is 1.20 bits per heavy atom. The molecule has 2 rings (SSSR count). The Bertz CT molecular complexity index is 435. The molecule has 1 aliphatic rings. The summed E-state index contributed by atoms with van der Waals surface area (Å²) in [5.74, 6) is 0.643. The standard InChI is InChI=1S/C16H24ClNOS/c1-2-18-15-6-4-3-5-7-16(15)20(19)12-13-8-10-14(17)11-9-13/h8-11,15-16,18H,2-7,12H2,1H3. The first kappa shape index (κ1) is 16.0. The Kier molecular flexibility index (Phi) is 6.53. The minimum atomic E-state index is -0.812. The molecule has 0 saturated heterocycles. The average Bonchev–Trinajstić information content (AvgIpc) is 2.67. The summed E-state index contributed by atoms with van der Waals surface area (Å²) in [5, 5.41) is 4.56. The Labute approximate surface area is 129 Å². The van der Waals surface area contributed by atoms with Crippen molar-refractivity contribution in [2.75, 3.05) is 6.54 Å². The lowest BCUT2D eigenvalue weighted by molar-refractivity contribution is 0.474. The van der Waals surface area contributed by atoms with Crippen LogP contribution in [0.15, 0.2) is 24.3 Å². The van der Waals surface area contributed by atoms with E-state index in [2.05, 4.69) is 12.2 Å². The van der Waals surface area contributed by atoms with E-state index < -0.39 is 10.8 Å². The minimum Gasteiger partial charge on any atom is -0.313 e. The van der Waals surface area contributed by atoms with Crippen LogP contribution in [0, 0.1) is 0 Å². The monoisotopic (exact) mass is 313 g/mol. The van der Waals surface area contributed by atoms with Crippen LogP contribution in [-0.2, 0) is 16.6 Å². The van der Waals surface area contributed by atoms with Crippen molar-refractivity contribution in [3.8, 4) is 0 Å². The topological polar surface area (TPSA) is 29.1 Å². The molecule has 0 radical (unpaired) electrons. The third kappa shape index (κ3) is 4.57. The quantitative estimate of drug-likeness (QED) is 0.835. The van der Waals surface area contributed by atoms with Gasteiger partial charge in [-0.15, -0.1) is 0 Å². The van der Waals surface area contributed by atoms with E-state index in [0.717, 1.165) is 30.0 Å². The van der Waals surface area contributed by atoms with Crippen molar-refractivity contribution in [3.05, 3.63) is 34.9 Å². The molecule has 20 heavy (non-hydrogen) atoms. The van der Waals surface area contributed by atoms with Crippen LogP contribution >= 0.6 is 11.6 Å².